The second kappa shape index (κ2) is 7.13. The number of nitrogens with one attached hydrogen (secondary N) is 2. The molecular weight excluding hydrogens is 328 g/mol. The van der Waals surface area contributed by atoms with Crippen LogP contribution in [0.5, 0.6) is 0 Å². The Kier molecular flexibility index (Phi) is 4.53. The average molecular weight is 350 g/mol. The Labute approximate surface area is 152 Å². The van der Waals surface area contributed by atoms with Gasteiger partial charge in [-0.05, 0) is 24.6 Å². The smallest absolute Gasteiger partial charge is 0.220 e. The number of aromatic nitrogens is 4. The van der Waals surface area contributed by atoms with Gasteiger partial charge in [-0.25, -0.2) is 9.67 Å². The molecule has 0 bridgehead atoms. The van der Waals surface area contributed by atoms with Gasteiger partial charge in [-0.2, -0.15) is 5.10 Å². The Morgan fingerprint density at radius 3 is 2.88 bits per heavy atom. The number of carbonyl (C=O) groups is 1. The van der Waals surface area contributed by atoms with Gasteiger partial charge in [0.15, 0.2) is 0 Å². The molecule has 3 aromatic rings. The van der Waals surface area contributed by atoms with Crippen molar-refractivity contribution in [1.82, 2.24) is 30.0 Å². The highest BCUT2D eigenvalue weighted by molar-refractivity contribution is 5.77. The zero-order chi connectivity index (χ0) is 17.9. The van der Waals surface area contributed by atoms with Crippen molar-refractivity contribution in [1.29, 1.82) is 0 Å². The van der Waals surface area contributed by atoms with Crippen LogP contribution in [0.1, 0.15) is 30.3 Å². The first kappa shape index (κ1) is 16.5. The number of para-hydroxylation sites is 1. The molecule has 7 heteroatoms. The fourth-order valence-corrected chi connectivity index (χ4v) is 3.38. The molecule has 3 heterocycles. The molecular formula is C19H22N6O. The lowest BCUT2D eigenvalue weighted by Gasteiger charge is -2.33. The molecule has 0 aliphatic carbocycles. The Bertz CT molecular complexity index is 884. The number of hydrogen-bond donors (Lipinski definition) is 2. The van der Waals surface area contributed by atoms with Crippen LogP contribution in [-0.2, 0) is 18.4 Å². The molecule has 1 amide bonds. The molecule has 7 nitrogen and oxygen atoms in total. The summed E-state index contributed by atoms with van der Waals surface area (Å²) in [6.45, 7) is 0.648. The monoisotopic (exact) mass is 350 g/mol. The molecule has 1 aliphatic heterocycles. The molecule has 2 N–H and O–H groups in total. The highest BCUT2D eigenvalue weighted by atomic mass is 16.1. The normalized spacial score (nSPS) is 20.1. The summed E-state index contributed by atoms with van der Waals surface area (Å²) >= 11 is 0. The van der Waals surface area contributed by atoms with Gasteiger partial charge in [0.2, 0.25) is 5.91 Å². The van der Waals surface area contributed by atoms with Crippen LogP contribution in [0.4, 0.5) is 0 Å². The average Bonchev–Trinajstić information content (AvgIpc) is 3.30. The Morgan fingerprint density at radius 1 is 1.27 bits per heavy atom. The van der Waals surface area contributed by atoms with E-state index in [9.17, 15) is 4.79 Å². The van der Waals surface area contributed by atoms with Gasteiger partial charge in [0.05, 0.1) is 35.6 Å². The van der Waals surface area contributed by atoms with E-state index in [4.69, 9.17) is 0 Å². The van der Waals surface area contributed by atoms with Crippen molar-refractivity contribution < 1.29 is 4.79 Å². The molecule has 2 atom stereocenters. The van der Waals surface area contributed by atoms with E-state index in [1.807, 2.05) is 65.1 Å². The number of amides is 1. The van der Waals surface area contributed by atoms with Gasteiger partial charge in [0, 0.05) is 32.3 Å². The van der Waals surface area contributed by atoms with E-state index in [1.54, 1.807) is 6.33 Å². The van der Waals surface area contributed by atoms with Crippen molar-refractivity contribution in [2.24, 2.45) is 7.05 Å². The molecule has 0 radical (unpaired) electrons. The van der Waals surface area contributed by atoms with Gasteiger partial charge in [-0.1, -0.05) is 18.2 Å². The van der Waals surface area contributed by atoms with Crippen LogP contribution in [-0.4, -0.2) is 31.3 Å². The molecule has 4 rings (SSSR count). The molecule has 1 saturated heterocycles. The lowest BCUT2D eigenvalue weighted by Crippen LogP contribution is -2.48. The van der Waals surface area contributed by atoms with Crippen molar-refractivity contribution >= 4 is 5.91 Å². The zero-order valence-electron chi connectivity index (χ0n) is 14.7. The first-order valence-electron chi connectivity index (χ1n) is 8.79. The summed E-state index contributed by atoms with van der Waals surface area (Å²) in [4.78, 5) is 16.1. The fourth-order valence-electron chi connectivity index (χ4n) is 3.38. The van der Waals surface area contributed by atoms with Gasteiger partial charge in [0.1, 0.15) is 0 Å². The molecule has 1 fully saturated rings. The third-order valence-corrected chi connectivity index (χ3v) is 4.78. The van der Waals surface area contributed by atoms with E-state index < -0.39 is 0 Å². The summed E-state index contributed by atoms with van der Waals surface area (Å²) < 4.78 is 3.83. The lowest BCUT2D eigenvalue weighted by atomic mass is 9.95. The maximum absolute atomic E-state index is 11.9. The first-order valence-corrected chi connectivity index (χ1v) is 8.79. The Morgan fingerprint density at radius 2 is 2.12 bits per heavy atom. The van der Waals surface area contributed by atoms with Gasteiger partial charge in [-0.3, -0.25) is 4.79 Å². The molecule has 26 heavy (non-hydrogen) atoms. The molecule has 2 aromatic heterocycles. The minimum atomic E-state index is -0.0834. The van der Waals surface area contributed by atoms with Crippen LogP contribution < -0.4 is 10.6 Å². The van der Waals surface area contributed by atoms with Crippen molar-refractivity contribution in [3.63, 3.8) is 0 Å². The van der Waals surface area contributed by atoms with Crippen LogP contribution in [0.25, 0.3) is 5.69 Å². The van der Waals surface area contributed by atoms with Gasteiger partial charge < -0.3 is 15.2 Å². The predicted octanol–water partition coefficient (Wildman–Crippen LogP) is 1.72. The summed E-state index contributed by atoms with van der Waals surface area (Å²) in [6, 6.07) is 12.1. The van der Waals surface area contributed by atoms with E-state index in [2.05, 4.69) is 20.7 Å². The van der Waals surface area contributed by atoms with E-state index >= 15 is 0 Å². The van der Waals surface area contributed by atoms with Crippen LogP contribution in [0.2, 0.25) is 0 Å². The Balaban J connectivity index is 1.45. The van der Waals surface area contributed by atoms with E-state index in [-0.39, 0.29) is 18.0 Å². The van der Waals surface area contributed by atoms with Crippen LogP contribution >= 0.6 is 0 Å². The number of piperidine rings is 1. The number of nitrogens with zero attached hydrogens (tertiary/aromatic N) is 4. The maximum Gasteiger partial charge on any atom is 0.220 e. The SMILES string of the molecule is Cn1cncc1[C@@H]1NC(=O)CC[C@H]1NCc1ccn(-c2ccccc2)n1. The topological polar surface area (TPSA) is 76.8 Å². The summed E-state index contributed by atoms with van der Waals surface area (Å²) in [5.41, 5.74) is 3.01. The van der Waals surface area contributed by atoms with Crippen molar-refractivity contribution in [2.45, 2.75) is 31.5 Å². The lowest BCUT2D eigenvalue weighted by molar-refractivity contribution is -0.124. The standard InChI is InChI=1S/C19H22N6O/c1-24-13-20-12-17(24)19-16(7-8-18(26)22-19)21-11-14-9-10-25(23-14)15-5-3-2-4-6-15/h2-6,9-10,12-13,16,19,21H,7-8,11H2,1H3,(H,22,26)/t16-,19-/m1/s1. The summed E-state index contributed by atoms with van der Waals surface area (Å²) in [5, 5.41) is 11.3. The number of aryl methyl sites for hydroxylation is 1. The summed E-state index contributed by atoms with van der Waals surface area (Å²) in [5.74, 6) is 0.0857. The number of rotatable bonds is 5. The second-order valence-electron chi connectivity index (χ2n) is 6.59. The molecule has 0 saturated carbocycles. The third-order valence-electron chi connectivity index (χ3n) is 4.78. The molecule has 1 aromatic carbocycles. The zero-order valence-corrected chi connectivity index (χ0v) is 14.7. The largest absolute Gasteiger partial charge is 0.346 e. The molecule has 0 spiro atoms. The van der Waals surface area contributed by atoms with Crippen LogP contribution in [0.3, 0.4) is 0 Å². The van der Waals surface area contributed by atoms with Crippen molar-refractivity contribution in [2.75, 3.05) is 0 Å². The van der Waals surface area contributed by atoms with E-state index in [0.717, 1.165) is 23.5 Å². The molecule has 0 unspecified atom stereocenters. The Hall–Kier alpha value is -2.93. The number of imidazole rings is 1. The second-order valence-corrected chi connectivity index (χ2v) is 6.59. The van der Waals surface area contributed by atoms with Gasteiger partial charge in [-0.15, -0.1) is 0 Å². The number of hydrogen-bond acceptors (Lipinski definition) is 4. The van der Waals surface area contributed by atoms with Gasteiger partial charge >= 0.3 is 0 Å². The minimum Gasteiger partial charge on any atom is -0.346 e. The third kappa shape index (κ3) is 3.39. The quantitative estimate of drug-likeness (QED) is 0.734. The first-order chi connectivity index (χ1) is 12.7. The summed E-state index contributed by atoms with van der Waals surface area (Å²) in [6.07, 6.45) is 6.86. The predicted molar refractivity (Wildman–Crippen MR) is 97.5 cm³/mol. The van der Waals surface area contributed by atoms with Gasteiger partial charge in [0.25, 0.3) is 0 Å². The summed E-state index contributed by atoms with van der Waals surface area (Å²) in [7, 11) is 1.95. The molecule has 134 valence electrons. The number of benzene rings is 1. The minimum absolute atomic E-state index is 0.0834. The van der Waals surface area contributed by atoms with E-state index in [0.29, 0.717) is 13.0 Å². The van der Waals surface area contributed by atoms with Crippen LogP contribution in [0, 0.1) is 0 Å². The fraction of sp³-hybridized carbons (Fsp3) is 0.316. The highest BCUT2D eigenvalue weighted by Crippen LogP contribution is 2.24. The molecule has 1 aliphatic rings. The van der Waals surface area contributed by atoms with Crippen LogP contribution in [0.15, 0.2) is 55.1 Å². The number of carbonyl (C=O) groups excluding carboxylic acids is 1. The van der Waals surface area contributed by atoms with Crippen molar-refractivity contribution in [3.8, 4) is 5.69 Å². The maximum atomic E-state index is 11.9. The van der Waals surface area contributed by atoms with Crippen molar-refractivity contribution in [3.05, 3.63) is 66.5 Å². The highest BCUT2D eigenvalue weighted by Gasteiger charge is 2.31. The van der Waals surface area contributed by atoms with E-state index in [1.165, 1.54) is 0 Å².